The van der Waals surface area contributed by atoms with Crippen LogP contribution in [0.1, 0.15) is 5.56 Å². The molecule has 0 aliphatic carbocycles. The summed E-state index contributed by atoms with van der Waals surface area (Å²) in [5, 5.41) is 12.3. The molecule has 0 fully saturated rings. The van der Waals surface area contributed by atoms with Gasteiger partial charge in [-0.05, 0) is 11.1 Å². The van der Waals surface area contributed by atoms with E-state index >= 15 is 0 Å². The van der Waals surface area contributed by atoms with Crippen LogP contribution in [-0.4, -0.2) is 6.21 Å². The van der Waals surface area contributed by atoms with Crippen molar-refractivity contribution in [1.82, 2.24) is 0 Å². The molecule has 3 heteroatoms. The number of benzene rings is 2. The zero-order valence-corrected chi connectivity index (χ0v) is 12.0. The van der Waals surface area contributed by atoms with E-state index < -0.39 is 0 Å². The Morgan fingerprint density at radius 2 is 1.78 bits per heavy atom. The van der Waals surface area contributed by atoms with Gasteiger partial charge in [0.25, 0.3) is 0 Å². The van der Waals surface area contributed by atoms with Crippen molar-refractivity contribution in [3.63, 3.8) is 0 Å². The van der Waals surface area contributed by atoms with Crippen LogP contribution < -0.4 is 5.32 Å². The first-order valence-corrected chi connectivity index (χ1v) is 5.36. The molecule has 18 heavy (non-hydrogen) atoms. The van der Waals surface area contributed by atoms with E-state index in [0.717, 1.165) is 23.0 Å². The molecule has 0 saturated heterocycles. The second kappa shape index (κ2) is 7.59. The number of nitrogens with zero attached hydrogens (tertiary/aromatic N) is 1. The van der Waals surface area contributed by atoms with Crippen LogP contribution in [0, 0.1) is 6.07 Å². The van der Waals surface area contributed by atoms with Crippen LogP contribution in [-0.2, 0) is 20.1 Å². The quantitative estimate of drug-likeness (QED) is 0.605. The zero-order valence-electron chi connectivity index (χ0n) is 9.63. The van der Waals surface area contributed by atoms with Crippen LogP contribution in [0.2, 0.25) is 0 Å². The van der Waals surface area contributed by atoms with Crippen molar-refractivity contribution in [2.24, 2.45) is 0 Å². The molecule has 2 nitrogen and oxygen atoms in total. The fourth-order valence-electron chi connectivity index (χ4n) is 1.46. The fourth-order valence-corrected chi connectivity index (χ4v) is 1.46. The van der Waals surface area contributed by atoms with Crippen molar-refractivity contribution in [3.8, 4) is 0 Å². The number of rotatable bonds is 4. The average molecular weight is 412 g/mol. The van der Waals surface area contributed by atoms with Crippen molar-refractivity contribution in [3.05, 3.63) is 77.8 Å². The Bertz CT molecular complexity index is 507. The number of para-hydroxylation sites is 1. The van der Waals surface area contributed by atoms with E-state index in [4.69, 9.17) is 0 Å². The first-order chi connectivity index (χ1) is 8.40. The van der Waals surface area contributed by atoms with Crippen LogP contribution in [0.3, 0.4) is 0 Å². The maximum absolute atomic E-state index is 9.21. The molecule has 0 spiro atoms. The van der Waals surface area contributed by atoms with Crippen molar-refractivity contribution < 1.29 is 20.1 Å². The van der Waals surface area contributed by atoms with Gasteiger partial charge in [-0.3, -0.25) is 0 Å². The number of hydrogen-bond acceptors (Lipinski definition) is 1. The van der Waals surface area contributed by atoms with E-state index in [0.29, 0.717) is 0 Å². The Labute approximate surface area is 121 Å². The molecule has 2 aromatic carbocycles. The smallest absolute Gasteiger partial charge is 0.00513 e. The summed E-state index contributed by atoms with van der Waals surface area (Å²) in [7, 11) is 0. The minimum Gasteiger partial charge on any atom is -0.810 e. The van der Waals surface area contributed by atoms with Crippen LogP contribution in [0.15, 0.2) is 60.8 Å². The van der Waals surface area contributed by atoms with Gasteiger partial charge in [-0.15, -0.1) is 6.07 Å². The largest absolute Gasteiger partial charge is 0.810 e. The summed E-state index contributed by atoms with van der Waals surface area (Å²) < 4.78 is 0. The van der Waals surface area contributed by atoms with Crippen LogP contribution in [0.25, 0.3) is 11.0 Å². The van der Waals surface area contributed by atoms with Gasteiger partial charge in [0.05, 0.1) is 0 Å². The Hall–Kier alpha value is -1.70. The second-order valence-electron chi connectivity index (χ2n) is 3.52. The first kappa shape index (κ1) is 14.4. The van der Waals surface area contributed by atoms with E-state index in [9.17, 15) is 5.41 Å². The monoisotopic (exact) mass is 413 g/mol. The van der Waals surface area contributed by atoms with Crippen LogP contribution in [0.4, 0.5) is 5.69 Å². The van der Waals surface area contributed by atoms with Crippen LogP contribution in [0.5, 0.6) is 0 Å². The molecule has 0 aliphatic rings. The Kier molecular flexibility index (Phi) is 6.06. The third-order valence-electron chi connectivity index (χ3n) is 2.34. The topological polar surface area (TPSA) is 34.3 Å². The predicted molar refractivity (Wildman–Crippen MR) is 72.7 cm³/mol. The molecule has 0 atom stereocenters. The van der Waals surface area contributed by atoms with Gasteiger partial charge in [-0.2, -0.15) is 30.5 Å². The molecule has 0 amide bonds. The van der Waals surface area contributed by atoms with Gasteiger partial charge in [-0.1, -0.05) is 36.0 Å². The molecule has 0 aliphatic heterocycles. The van der Waals surface area contributed by atoms with Gasteiger partial charge < -0.3 is 10.7 Å². The molecule has 2 aromatic rings. The zero-order chi connectivity index (χ0) is 11.9. The molecule has 0 unspecified atom stereocenters. The summed E-state index contributed by atoms with van der Waals surface area (Å²) >= 11 is 0. The maximum atomic E-state index is 9.21. The normalized spacial score (nSPS) is 10.3. The number of nitrogens with one attached hydrogen (secondary N) is 1. The molecule has 0 heterocycles. The predicted octanol–water partition coefficient (Wildman–Crippen LogP) is 3.58. The Balaban J connectivity index is 0.00000162. The molecular formula is C15H12IrN2-2. The van der Waals surface area contributed by atoms with Crippen molar-refractivity contribution in [2.45, 2.75) is 0 Å². The summed E-state index contributed by atoms with van der Waals surface area (Å²) in [6.45, 7) is 0. The summed E-state index contributed by atoms with van der Waals surface area (Å²) in [4.78, 5) is 0. The molecule has 1 N–H and O–H groups in total. The summed E-state index contributed by atoms with van der Waals surface area (Å²) in [6, 6.07) is 20.3. The van der Waals surface area contributed by atoms with Gasteiger partial charge in [-0.25, -0.2) is 0 Å². The van der Waals surface area contributed by atoms with Gasteiger partial charge in [0, 0.05) is 26.3 Å². The van der Waals surface area contributed by atoms with E-state index in [-0.39, 0.29) is 20.1 Å². The molecule has 0 saturated carbocycles. The van der Waals surface area contributed by atoms with Crippen molar-refractivity contribution in [2.75, 3.05) is 5.32 Å². The van der Waals surface area contributed by atoms with E-state index in [1.54, 1.807) is 6.20 Å². The third kappa shape index (κ3) is 3.95. The minimum atomic E-state index is 0. The van der Waals surface area contributed by atoms with Crippen LogP contribution >= 0.6 is 0 Å². The Morgan fingerprint density at radius 3 is 2.39 bits per heavy atom. The van der Waals surface area contributed by atoms with Gasteiger partial charge in [0.1, 0.15) is 0 Å². The SMILES string of the molecule is [Ir].[N-]=CC(=CNc1[c-]cccc1)c1ccccc1. The summed E-state index contributed by atoms with van der Waals surface area (Å²) in [6.07, 6.45) is 2.84. The maximum Gasteiger partial charge on any atom is 0.00513 e. The van der Waals surface area contributed by atoms with Gasteiger partial charge in [0.2, 0.25) is 0 Å². The minimum absolute atomic E-state index is 0. The van der Waals surface area contributed by atoms with E-state index in [1.807, 2.05) is 54.6 Å². The second-order valence-corrected chi connectivity index (χ2v) is 3.52. The van der Waals surface area contributed by atoms with Crippen molar-refractivity contribution >= 4 is 17.5 Å². The Morgan fingerprint density at radius 1 is 1.06 bits per heavy atom. The van der Waals surface area contributed by atoms with E-state index in [2.05, 4.69) is 11.4 Å². The van der Waals surface area contributed by atoms with Crippen molar-refractivity contribution in [1.29, 1.82) is 0 Å². The molecule has 1 radical (unpaired) electrons. The number of allylic oxidation sites excluding steroid dienone is 1. The summed E-state index contributed by atoms with van der Waals surface area (Å²) in [5.41, 5.74) is 2.55. The first-order valence-electron chi connectivity index (χ1n) is 5.36. The number of hydrogen-bond donors (Lipinski definition) is 1. The molecule has 2 rings (SSSR count). The van der Waals surface area contributed by atoms with Gasteiger partial charge >= 0.3 is 0 Å². The number of anilines is 1. The fraction of sp³-hybridized carbons (Fsp3) is 0. The average Bonchev–Trinajstić information content (AvgIpc) is 2.42. The van der Waals surface area contributed by atoms with E-state index in [1.165, 1.54) is 0 Å². The standard InChI is InChI=1S/C15H12N2.Ir/c16-11-14(13-7-3-1-4-8-13)12-17-15-9-5-2-6-10-15;/h1-9,11-12,17H;/q-2;. The van der Waals surface area contributed by atoms with Gasteiger partial charge in [0.15, 0.2) is 0 Å². The summed E-state index contributed by atoms with van der Waals surface area (Å²) in [5.74, 6) is 0. The molecule has 0 aromatic heterocycles. The molecule has 93 valence electrons. The third-order valence-corrected chi connectivity index (χ3v) is 2.34. The molecule has 0 bridgehead atoms. The molecular weight excluding hydrogens is 400 g/mol.